The Hall–Kier alpha value is -2.98. The van der Waals surface area contributed by atoms with E-state index in [2.05, 4.69) is 30.2 Å². The van der Waals surface area contributed by atoms with Gasteiger partial charge in [0.25, 0.3) is 5.91 Å². The number of carbonyl (C=O) groups excluding carboxylic acids is 1. The van der Waals surface area contributed by atoms with Gasteiger partial charge in [-0.3, -0.25) is 4.79 Å². The normalized spacial score (nSPS) is 14.0. The molecule has 5 rings (SSSR count). The van der Waals surface area contributed by atoms with Crippen molar-refractivity contribution in [2.75, 3.05) is 12.8 Å². The van der Waals surface area contributed by atoms with Crippen molar-refractivity contribution in [2.24, 2.45) is 0 Å². The van der Waals surface area contributed by atoms with Crippen LogP contribution >= 0.6 is 23.1 Å². The molecule has 0 spiro atoms. The van der Waals surface area contributed by atoms with Crippen LogP contribution in [0.5, 0.6) is 0 Å². The Morgan fingerprint density at radius 1 is 1.21 bits per heavy atom. The summed E-state index contributed by atoms with van der Waals surface area (Å²) in [4.78, 5) is 17.2. The van der Waals surface area contributed by atoms with Gasteiger partial charge in [-0.2, -0.15) is 5.10 Å². The summed E-state index contributed by atoms with van der Waals surface area (Å²) in [6.07, 6.45) is 12.3. The van der Waals surface area contributed by atoms with Crippen LogP contribution < -0.4 is 5.32 Å². The maximum Gasteiger partial charge on any atom is 0.270 e. The number of para-hydroxylation sites is 1. The van der Waals surface area contributed by atoms with E-state index in [1.54, 1.807) is 23.3 Å². The van der Waals surface area contributed by atoms with Crippen LogP contribution in [0.25, 0.3) is 16.3 Å². The van der Waals surface area contributed by atoms with Gasteiger partial charge in [0.05, 0.1) is 11.9 Å². The van der Waals surface area contributed by atoms with Crippen LogP contribution in [-0.4, -0.2) is 48.2 Å². The van der Waals surface area contributed by atoms with Crippen molar-refractivity contribution < 1.29 is 4.79 Å². The summed E-state index contributed by atoms with van der Waals surface area (Å²) in [5.41, 5.74) is 2.31. The number of thioether (sulfide) groups is 1. The molecule has 0 bridgehead atoms. The number of benzene rings is 1. The Balaban J connectivity index is 1.16. The van der Waals surface area contributed by atoms with Crippen molar-refractivity contribution in [1.29, 1.82) is 0 Å². The number of thiazole rings is 1. The lowest BCUT2D eigenvalue weighted by Crippen LogP contribution is -2.25. The molecule has 8 nitrogen and oxygen atoms in total. The number of aromatic nitrogens is 6. The smallest absolute Gasteiger partial charge is 0.270 e. The van der Waals surface area contributed by atoms with Crippen molar-refractivity contribution in [1.82, 2.24) is 34.8 Å². The Morgan fingerprint density at radius 3 is 2.82 bits per heavy atom. The van der Waals surface area contributed by atoms with Crippen LogP contribution in [0.4, 0.5) is 0 Å². The van der Waals surface area contributed by atoms with Gasteiger partial charge in [0.1, 0.15) is 16.5 Å². The van der Waals surface area contributed by atoms with Gasteiger partial charge in [-0.15, -0.1) is 21.5 Å². The fourth-order valence-electron chi connectivity index (χ4n) is 4.35. The molecule has 3 aromatic heterocycles. The third-order valence-electron chi connectivity index (χ3n) is 6.06. The molecular weight excluding hydrogens is 466 g/mol. The predicted molar refractivity (Wildman–Crippen MR) is 135 cm³/mol. The molecule has 10 heteroatoms. The summed E-state index contributed by atoms with van der Waals surface area (Å²) >= 11 is 3.10. The van der Waals surface area contributed by atoms with Gasteiger partial charge in [-0.25, -0.2) is 9.67 Å². The Morgan fingerprint density at radius 2 is 2.03 bits per heavy atom. The van der Waals surface area contributed by atoms with E-state index in [9.17, 15) is 4.79 Å². The molecule has 1 aromatic carbocycles. The summed E-state index contributed by atoms with van der Waals surface area (Å²) in [7, 11) is 0. The van der Waals surface area contributed by atoms with Gasteiger partial charge >= 0.3 is 0 Å². The highest BCUT2D eigenvalue weighted by molar-refractivity contribution is 7.98. The number of rotatable bonds is 9. The van der Waals surface area contributed by atoms with Gasteiger partial charge in [0.2, 0.25) is 0 Å². The number of nitrogens with one attached hydrogen (secondary N) is 1. The lowest BCUT2D eigenvalue weighted by atomic mass is 10.2. The van der Waals surface area contributed by atoms with E-state index in [4.69, 9.17) is 0 Å². The largest absolute Gasteiger partial charge is 0.351 e. The summed E-state index contributed by atoms with van der Waals surface area (Å²) in [6, 6.07) is 10.4. The van der Waals surface area contributed by atoms with Crippen molar-refractivity contribution >= 4 is 29.0 Å². The number of hydrogen-bond donors (Lipinski definition) is 1. The van der Waals surface area contributed by atoms with Gasteiger partial charge in [0, 0.05) is 36.1 Å². The van der Waals surface area contributed by atoms with Gasteiger partial charge in [-0.1, -0.05) is 42.8 Å². The highest BCUT2D eigenvalue weighted by atomic mass is 32.2. The standard InChI is InChI=1S/C24H27N7OS2/c1-33-24-29-28-21(31(24)19-10-5-6-11-19)12-7-13-25-22(32)20-16-34-23(27-20)17-14-26-30(15-17)18-8-3-2-4-9-18/h2-4,8-9,14-16,19H,5-7,10-13H2,1H3,(H,25,32). The first kappa shape index (κ1) is 22.8. The van der Waals surface area contributed by atoms with E-state index < -0.39 is 0 Å². The van der Waals surface area contributed by atoms with Crippen molar-refractivity contribution in [3.8, 4) is 16.3 Å². The summed E-state index contributed by atoms with van der Waals surface area (Å²) in [6.45, 7) is 0.573. The van der Waals surface area contributed by atoms with E-state index in [0.717, 1.165) is 40.1 Å². The number of nitrogens with zero attached hydrogens (tertiary/aromatic N) is 6. The Labute approximate surface area is 206 Å². The van der Waals surface area contributed by atoms with Crippen molar-refractivity contribution in [2.45, 2.75) is 49.7 Å². The zero-order valence-corrected chi connectivity index (χ0v) is 20.7. The molecule has 34 heavy (non-hydrogen) atoms. The van der Waals surface area contributed by atoms with Gasteiger partial charge < -0.3 is 9.88 Å². The highest BCUT2D eigenvalue weighted by Gasteiger charge is 2.23. The zero-order valence-electron chi connectivity index (χ0n) is 19.1. The molecule has 0 aliphatic heterocycles. The molecule has 0 radical (unpaired) electrons. The number of carbonyl (C=O) groups is 1. The average Bonchev–Trinajstić information content (AvgIpc) is 3.68. The van der Waals surface area contributed by atoms with E-state index in [1.807, 2.05) is 47.5 Å². The first-order chi connectivity index (χ1) is 16.7. The van der Waals surface area contributed by atoms with Gasteiger partial charge in [-0.05, 0) is 37.7 Å². The van der Waals surface area contributed by atoms with Crippen LogP contribution in [-0.2, 0) is 6.42 Å². The third kappa shape index (κ3) is 4.92. The second-order valence-electron chi connectivity index (χ2n) is 8.32. The monoisotopic (exact) mass is 493 g/mol. The Bertz CT molecular complexity index is 1240. The maximum atomic E-state index is 12.6. The fourth-order valence-corrected chi connectivity index (χ4v) is 5.70. The third-order valence-corrected chi connectivity index (χ3v) is 7.59. The molecule has 1 fully saturated rings. The molecule has 1 saturated carbocycles. The number of amides is 1. The maximum absolute atomic E-state index is 12.6. The fraction of sp³-hybridized carbons (Fsp3) is 0.375. The van der Waals surface area contributed by atoms with Crippen LogP contribution in [0.15, 0.2) is 53.3 Å². The summed E-state index contributed by atoms with van der Waals surface area (Å²) in [5, 5.41) is 19.8. The Kier molecular flexibility index (Phi) is 7.05. The zero-order chi connectivity index (χ0) is 23.3. The molecule has 0 unspecified atom stereocenters. The topological polar surface area (TPSA) is 90.5 Å². The summed E-state index contributed by atoms with van der Waals surface area (Å²) < 4.78 is 4.13. The van der Waals surface area contributed by atoms with Crippen molar-refractivity contribution in [3.05, 3.63) is 59.6 Å². The molecule has 4 aromatic rings. The first-order valence-electron chi connectivity index (χ1n) is 11.5. The molecule has 1 N–H and O–H groups in total. The second-order valence-corrected chi connectivity index (χ2v) is 9.95. The molecule has 1 amide bonds. The minimum absolute atomic E-state index is 0.153. The van der Waals surface area contributed by atoms with Crippen LogP contribution in [0.1, 0.15) is 54.5 Å². The molecule has 0 atom stereocenters. The van der Waals surface area contributed by atoms with Crippen LogP contribution in [0.3, 0.4) is 0 Å². The predicted octanol–water partition coefficient (Wildman–Crippen LogP) is 4.79. The first-order valence-corrected chi connectivity index (χ1v) is 13.7. The highest BCUT2D eigenvalue weighted by Crippen LogP contribution is 2.33. The van der Waals surface area contributed by atoms with Crippen LogP contribution in [0, 0.1) is 0 Å². The van der Waals surface area contributed by atoms with Gasteiger partial charge in [0.15, 0.2) is 5.16 Å². The second kappa shape index (κ2) is 10.5. The SMILES string of the molecule is CSc1nnc(CCCNC(=O)c2csc(-c3cnn(-c4ccccc4)c3)n2)n1C1CCCC1. The van der Waals surface area contributed by atoms with Crippen LogP contribution in [0.2, 0.25) is 0 Å². The van der Waals surface area contributed by atoms with E-state index in [0.29, 0.717) is 18.3 Å². The molecular formula is C24H27N7OS2. The minimum Gasteiger partial charge on any atom is -0.351 e. The molecule has 0 saturated heterocycles. The lowest BCUT2D eigenvalue weighted by molar-refractivity contribution is 0.0949. The molecule has 1 aliphatic rings. The molecule has 3 heterocycles. The van der Waals surface area contributed by atoms with E-state index >= 15 is 0 Å². The summed E-state index contributed by atoms with van der Waals surface area (Å²) in [5.74, 6) is 0.872. The van der Waals surface area contributed by atoms with E-state index in [-0.39, 0.29) is 5.91 Å². The lowest BCUT2D eigenvalue weighted by Gasteiger charge is -2.16. The quantitative estimate of drug-likeness (QED) is 0.266. The number of aryl methyl sites for hydroxylation is 1. The molecule has 1 aliphatic carbocycles. The molecule has 176 valence electrons. The minimum atomic E-state index is -0.153. The van der Waals surface area contributed by atoms with E-state index in [1.165, 1.54) is 37.0 Å². The number of hydrogen-bond acceptors (Lipinski definition) is 7. The average molecular weight is 494 g/mol. The van der Waals surface area contributed by atoms with Crippen molar-refractivity contribution in [3.63, 3.8) is 0 Å².